The van der Waals surface area contributed by atoms with Gasteiger partial charge in [0.15, 0.2) is 0 Å². The molecular weight excluding hydrogens is 260 g/mol. The standard InChI is InChI=1S/C9H18O2.C6H14O3/c1-2-3-4-5-6-7-8-9(10)11;1-5(8)4-9-6(2)3-7/h2-8H2,1H3,(H,10,11);5-8H,3-4H2,1-2H3. The van der Waals surface area contributed by atoms with Gasteiger partial charge < -0.3 is 20.1 Å². The molecule has 0 rings (SSSR count). The van der Waals surface area contributed by atoms with Crippen LogP contribution in [0.5, 0.6) is 0 Å². The summed E-state index contributed by atoms with van der Waals surface area (Å²) in [5.41, 5.74) is 0. The van der Waals surface area contributed by atoms with Crippen LogP contribution >= 0.6 is 0 Å². The predicted molar refractivity (Wildman–Crippen MR) is 79.8 cm³/mol. The van der Waals surface area contributed by atoms with E-state index in [2.05, 4.69) is 6.92 Å². The normalized spacial score (nSPS) is 13.2. The monoisotopic (exact) mass is 292 g/mol. The lowest BCUT2D eigenvalue weighted by molar-refractivity contribution is -0.137. The number of ether oxygens (including phenoxy) is 1. The van der Waals surface area contributed by atoms with Crippen LogP contribution in [0.1, 0.15) is 65.7 Å². The number of hydrogen-bond acceptors (Lipinski definition) is 4. The van der Waals surface area contributed by atoms with Gasteiger partial charge in [-0.3, -0.25) is 4.79 Å². The fraction of sp³-hybridized carbons (Fsp3) is 0.933. The highest BCUT2D eigenvalue weighted by Gasteiger charge is 2.00. The quantitative estimate of drug-likeness (QED) is 0.509. The molecule has 0 spiro atoms. The van der Waals surface area contributed by atoms with Crippen molar-refractivity contribution in [3.05, 3.63) is 0 Å². The lowest BCUT2D eigenvalue weighted by Crippen LogP contribution is -2.19. The zero-order valence-electron chi connectivity index (χ0n) is 13.2. The molecule has 0 aromatic carbocycles. The van der Waals surface area contributed by atoms with Crippen molar-refractivity contribution in [3.8, 4) is 0 Å². The largest absolute Gasteiger partial charge is 0.481 e. The van der Waals surface area contributed by atoms with Gasteiger partial charge in [-0.05, 0) is 20.3 Å². The summed E-state index contributed by atoms with van der Waals surface area (Å²) in [6, 6.07) is 0. The number of carbonyl (C=O) groups is 1. The van der Waals surface area contributed by atoms with E-state index >= 15 is 0 Å². The van der Waals surface area contributed by atoms with E-state index in [1.165, 1.54) is 25.7 Å². The minimum atomic E-state index is -0.666. The SMILES string of the molecule is CC(O)COC(C)CO.CCCCCCCCC(=O)O. The third-order valence-corrected chi connectivity index (χ3v) is 2.62. The van der Waals surface area contributed by atoms with Crippen molar-refractivity contribution in [2.75, 3.05) is 13.2 Å². The molecule has 5 nitrogen and oxygen atoms in total. The predicted octanol–water partition coefficient (Wildman–Crippen LogP) is 2.59. The highest BCUT2D eigenvalue weighted by Crippen LogP contribution is 2.06. The van der Waals surface area contributed by atoms with Gasteiger partial charge in [0.1, 0.15) is 0 Å². The van der Waals surface area contributed by atoms with Crippen LogP contribution in [0, 0.1) is 0 Å². The number of rotatable bonds is 11. The van der Waals surface area contributed by atoms with Gasteiger partial charge in [-0.25, -0.2) is 0 Å². The molecule has 2 atom stereocenters. The molecule has 0 fully saturated rings. The molecule has 0 aliphatic heterocycles. The molecule has 0 saturated carbocycles. The van der Waals surface area contributed by atoms with Crippen LogP contribution in [0.25, 0.3) is 0 Å². The third-order valence-electron chi connectivity index (χ3n) is 2.62. The molecule has 122 valence electrons. The summed E-state index contributed by atoms with van der Waals surface area (Å²) < 4.78 is 4.95. The van der Waals surface area contributed by atoms with Gasteiger partial charge >= 0.3 is 5.97 Å². The molecule has 0 saturated heterocycles. The molecule has 0 aliphatic carbocycles. The number of aliphatic carboxylic acids is 1. The number of carboxylic acid groups (broad SMARTS) is 1. The van der Waals surface area contributed by atoms with Crippen molar-refractivity contribution in [1.29, 1.82) is 0 Å². The molecule has 0 aromatic rings. The summed E-state index contributed by atoms with van der Waals surface area (Å²) in [6.07, 6.45) is 6.64. The number of aliphatic hydroxyl groups is 2. The first-order valence-electron chi connectivity index (χ1n) is 7.56. The molecule has 0 radical (unpaired) electrons. The second-order valence-corrected chi connectivity index (χ2v) is 5.09. The van der Waals surface area contributed by atoms with Gasteiger partial charge in [0.05, 0.1) is 25.4 Å². The fourth-order valence-electron chi connectivity index (χ4n) is 1.41. The van der Waals surface area contributed by atoms with E-state index in [-0.39, 0.29) is 12.7 Å². The van der Waals surface area contributed by atoms with Crippen LogP contribution in [0.4, 0.5) is 0 Å². The molecule has 2 unspecified atom stereocenters. The van der Waals surface area contributed by atoms with E-state index in [1.54, 1.807) is 13.8 Å². The van der Waals surface area contributed by atoms with E-state index < -0.39 is 12.1 Å². The van der Waals surface area contributed by atoms with E-state index in [0.717, 1.165) is 12.8 Å². The minimum Gasteiger partial charge on any atom is -0.481 e. The van der Waals surface area contributed by atoms with Crippen LogP contribution < -0.4 is 0 Å². The van der Waals surface area contributed by atoms with E-state index in [0.29, 0.717) is 13.0 Å². The second-order valence-electron chi connectivity index (χ2n) is 5.09. The second kappa shape index (κ2) is 16.4. The van der Waals surface area contributed by atoms with Gasteiger partial charge in [0.25, 0.3) is 0 Å². The third kappa shape index (κ3) is 22.5. The summed E-state index contributed by atoms with van der Waals surface area (Å²) in [4.78, 5) is 10.1. The van der Waals surface area contributed by atoms with Crippen LogP contribution in [0.15, 0.2) is 0 Å². The summed E-state index contributed by atoms with van der Waals surface area (Å²) >= 11 is 0. The summed E-state index contributed by atoms with van der Waals surface area (Å²) in [7, 11) is 0. The van der Waals surface area contributed by atoms with Crippen molar-refractivity contribution in [2.45, 2.75) is 77.9 Å². The van der Waals surface area contributed by atoms with Crippen molar-refractivity contribution in [2.24, 2.45) is 0 Å². The molecular formula is C15H32O5. The maximum absolute atomic E-state index is 10.1. The van der Waals surface area contributed by atoms with Crippen molar-refractivity contribution >= 4 is 5.97 Å². The Morgan fingerprint density at radius 2 is 1.65 bits per heavy atom. The first kappa shape index (κ1) is 21.6. The van der Waals surface area contributed by atoms with Gasteiger partial charge in [-0.2, -0.15) is 0 Å². The molecule has 3 N–H and O–H groups in total. The van der Waals surface area contributed by atoms with Crippen LogP contribution in [0.2, 0.25) is 0 Å². The Morgan fingerprint density at radius 1 is 1.10 bits per heavy atom. The Bertz CT molecular complexity index is 206. The van der Waals surface area contributed by atoms with Crippen molar-refractivity contribution < 1.29 is 24.9 Å². The Labute approximate surface area is 123 Å². The van der Waals surface area contributed by atoms with Gasteiger partial charge in [0, 0.05) is 6.42 Å². The lowest BCUT2D eigenvalue weighted by Gasteiger charge is -2.10. The Hall–Kier alpha value is -0.650. The van der Waals surface area contributed by atoms with E-state index in [4.69, 9.17) is 20.1 Å². The maximum atomic E-state index is 10.1. The number of unbranched alkanes of at least 4 members (excludes halogenated alkanes) is 5. The molecule has 0 bridgehead atoms. The summed E-state index contributed by atoms with van der Waals surface area (Å²) in [5, 5.41) is 25.4. The summed E-state index contributed by atoms with van der Waals surface area (Å²) in [5.74, 6) is -0.666. The molecule has 0 heterocycles. The van der Waals surface area contributed by atoms with E-state index in [1.807, 2.05) is 0 Å². The Morgan fingerprint density at radius 3 is 2.10 bits per heavy atom. The first-order valence-corrected chi connectivity index (χ1v) is 7.56. The number of aliphatic hydroxyl groups excluding tert-OH is 2. The average Bonchev–Trinajstić information content (AvgIpc) is 2.40. The highest BCUT2D eigenvalue weighted by molar-refractivity contribution is 5.66. The maximum Gasteiger partial charge on any atom is 0.303 e. The van der Waals surface area contributed by atoms with Crippen LogP contribution in [-0.4, -0.2) is 46.7 Å². The molecule has 0 aliphatic rings. The average molecular weight is 292 g/mol. The van der Waals surface area contributed by atoms with Gasteiger partial charge in [-0.1, -0.05) is 39.0 Å². The van der Waals surface area contributed by atoms with Crippen molar-refractivity contribution in [1.82, 2.24) is 0 Å². The molecule has 0 aromatic heterocycles. The molecule has 5 heteroatoms. The highest BCUT2D eigenvalue weighted by atomic mass is 16.5. The molecule has 20 heavy (non-hydrogen) atoms. The zero-order valence-corrected chi connectivity index (χ0v) is 13.2. The van der Waals surface area contributed by atoms with Crippen molar-refractivity contribution in [3.63, 3.8) is 0 Å². The number of hydrogen-bond donors (Lipinski definition) is 3. The fourth-order valence-corrected chi connectivity index (χ4v) is 1.41. The Balaban J connectivity index is 0. The minimum absolute atomic E-state index is 0.00667. The van der Waals surface area contributed by atoms with Crippen LogP contribution in [-0.2, 0) is 9.53 Å². The lowest BCUT2D eigenvalue weighted by atomic mass is 10.1. The smallest absolute Gasteiger partial charge is 0.303 e. The van der Waals surface area contributed by atoms with E-state index in [9.17, 15) is 4.79 Å². The zero-order chi connectivity index (χ0) is 15.8. The first-order chi connectivity index (χ1) is 9.43. The van der Waals surface area contributed by atoms with Gasteiger partial charge in [0.2, 0.25) is 0 Å². The Kier molecular flexibility index (Phi) is 17.8. The van der Waals surface area contributed by atoms with Gasteiger partial charge in [-0.15, -0.1) is 0 Å². The topological polar surface area (TPSA) is 87.0 Å². The summed E-state index contributed by atoms with van der Waals surface area (Å²) in [6.45, 7) is 5.87. The molecule has 0 amide bonds. The number of carboxylic acids is 1. The van der Waals surface area contributed by atoms with Crippen LogP contribution in [0.3, 0.4) is 0 Å².